The van der Waals surface area contributed by atoms with E-state index in [0.29, 0.717) is 12.6 Å². The van der Waals surface area contributed by atoms with E-state index in [0.717, 1.165) is 32.6 Å². The molecule has 2 aliphatic rings. The Morgan fingerprint density at radius 3 is 2.19 bits per heavy atom. The third-order valence-corrected chi connectivity index (χ3v) is 3.73. The van der Waals surface area contributed by atoms with Crippen molar-refractivity contribution in [3.8, 4) is 0 Å². The third kappa shape index (κ3) is 2.74. The van der Waals surface area contributed by atoms with Crippen molar-refractivity contribution in [1.29, 1.82) is 0 Å². The molecular formula is C12H24N2O2. The average Bonchev–Trinajstić information content (AvgIpc) is 2.64. The van der Waals surface area contributed by atoms with Crippen LogP contribution in [0.15, 0.2) is 0 Å². The van der Waals surface area contributed by atoms with Gasteiger partial charge in [-0.25, -0.2) is 0 Å². The molecule has 2 aliphatic heterocycles. The van der Waals surface area contributed by atoms with Gasteiger partial charge in [0.05, 0.1) is 6.61 Å². The Kier molecular flexibility index (Phi) is 3.54. The molecule has 4 heteroatoms. The van der Waals surface area contributed by atoms with Crippen molar-refractivity contribution >= 4 is 0 Å². The molecule has 2 saturated heterocycles. The largest absolute Gasteiger partial charge is 0.368 e. The van der Waals surface area contributed by atoms with Crippen molar-refractivity contribution in [2.24, 2.45) is 0 Å². The zero-order valence-corrected chi connectivity index (χ0v) is 10.6. The maximum Gasteiger partial charge on any atom is 0.156 e. The summed E-state index contributed by atoms with van der Waals surface area (Å²) in [5.74, 6) is 0. The fraction of sp³-hybridized carbons (Fsp3) is 1.00. The van der Waals surface area contributed by atoms with Crippen LogP contribution in [-0.4, -0.2) is 65.6 Å². The summed E-state index contributed by atoms with van der Waals surface area (Å²) < 4.78 is 5.21. The van der Waals surface area contributed by atoms with Crippen LogP contribution in [0.2, 0.25) is 0 Å². The van der Waals surface area contributed by atoms with Crippen LogP contribution >= 0.6 is 0 Å². The van der Waals surface area contributed by atoms with Crippen molar-refractivity contribution in [3.05, 3.63) is 0 Å². The first-order valence-corrected chi connectivity index (χ1v) is 6.25. The second-order valence-corrected chi connectivity index (χ2v) is 5.87. The average molecular weight is 228 g/mol. The van der Waals surface area contributed by atoms with Crippen LogP contribution in [0, 0.1) is 0 Å². The van der Waals surface area contributed by atoms with Crippen LogP contribution in [0.5, 0.6) is 0 Å². The molecule has 0 amide bonds. The van der Waals surface area contributed by atoms with Crippen LogP contribution < -0.4 is 0 Å². The molecule has 2 rings (SSSR count). The highest BCUT2D eigenvalue weighted by Crippen LogP contribution is 2.21. The molecule has 0 bridgehead atoms. The van der Waals surface area contributed by atoms with Gasteiger partial charge < -0.3 is 9.84 Å². The molecule has 2 heterocycles. The maximum absolute atomic E-state index is 9.35. The van der Waals surface area contributed by atoms with E-state index in [1.807, 2.05) is 0 Å². The molecular weight excluding hydrogens is 204 g/mol. The van der Waals surface area contributed by atoms with Crippen molar-refractivity contribution in [1.82, 2.24) is 9.80 Å². The summed E-state index contributed by atoms with van der Waals surface area (Å²) in [6.45, 7) is 11.9. The zero-order chi connectivity index (χ0) is 11.8. The van der Waals surface area contributed by atoms with Crippen LogP contribution in [0.25, 0.3) is 0 Å². The summed E-state index contributed by atoms with van der Waals surface area (Å²) in [7, 11) is 0. The Labute approximate surface area is 98.2 Å². The van der Waals surface area contributed by atoms with Gasteiger partial charge >= 0.3 is 0 Å². The molecule has 0 spiro atoms. The van der Waals surface area contributed by atoms with E-state index >= 15 is 0 Å². The minimum atomic E-state index is -0.536. The monoisotopic (exact) mass is 228 g/mol. The summed E-state index contributed by atoms with van der Waals surface area (Å²) in [6, 6.07) is 0.428. The van der Waals surface area contributed by atoms with Crippen molar-refractivity contribution < 1.29 is 9.84 Å². The Hall–Kier alpha value is -0.160. The molecule has 0 aromatic heterocycles. The molecule has 1 N–H and O–H groups in total. The summed E-state index contributed by atoms with van der Waals surface area (Å²) in [5, 5.41) is 9.35. The third-order valence-electron chi connectivity index (χ3n) is 3.73. The first kappa shape index (κ1) is 12.3. The van der Waals surface area contributed by atoms with Gasteiger partial charge in [-0.05, 0) is 20.8 Å². The number of aliphatic hydroxyl groups excluding tert-OH is 1. The number of nitrogens with zero attached hydrogens (tertiary/aromatic N) is 2. The number of hydrogen-bond acceptors (Lipinski definition) is 4. The van der Waals surface area contributed by atoms with E-state index in [1.54, 1.807) is 0 Å². The SMILES string of the molecule is CC(C)(C)N1CCN(C2COC(O)C2)CC1. The minimum absolute atomic E-state index is 0.276. The molecule has 0 radical (unpaired) electrons. The Balaban J connectivity index is 1.81. The molecule has 2 atom stereocenters. The topological polar surface area (TPSA) is 35.9 Å². The lowest BCUT2D eigenvalue weighted by atomic mass is 10.0. The highest BCUT2D eigenvalue weighted by atomic mass is 16.6. The van der Waals surface area contributed by atoms with E-state index in [4.69, 9.17) is 4.74 Å². The lowest BCUT2D eigenvalue weighted by Crippen LogP contribution is -2.55. The smallest absolute Gasteiger partial charge is 0.156 e. The first-order valence-electron chi connectivity index (χ1n) is 6.25. The molecule has 0 saturated carbocycles. The van der Waals surface area contributed by atoms with E-state index in [-0.39, 0.29) is 5.54 Å². The fourth-order valence-electron chi connectivity index (χ4n) is 2.60. The molecule has 94 valence electrons. The van der Waals surface area contributed by atoms with E-state index < -0.39 is 6.29 Å². The summed E-state index contributed by atoms with van der Waals surface area (Å²) in [4.78, 5) is 4.98. The van der Waals surface area contributed by atoms with Crippen molar-refractivity contribution in [2.75, 3.05) is 32.8 Å². The predicted molar refractivity (Wildman–Crippen MR) is 63.3 cm³/mol. The zero-order valence-electron chi connectivity index (χ0n) is 10.6. The Bertz CT molecular complexity index is 232. The van der Waals surface area contributed by atoms with Gasteiger partial charge in [-0.2, -0.15) is 0 Å². The van der Waals surface area contributed by atoms with Crippen LogP contribution in [-0.2, 0) is 4.74 Å². The molecule has 16 heavy (non-hydrogen) atoms. The normalized spacial score (nSPS) is 34.5. The van der Waals surface area contributed by atoms with Gasteiger partial charge in [-0.15, -0.1) is 0 Å². The molecule has 0 aliphatic carbocycles. The van der Waals surface area contributed by atoms with Gasteiger partial charge in [0, 0.05) is 44.2 Å². The van der Waals surface area contributed by atoms with E-state index in [9.17, 15) is 5.11 Å². The number of aliphatic hydroxyl groups is 1. The highest BCUT2D eigenvalue weighted by molar-refractivity contribution is 4.86. The molecule has 2 fully saturated rings. The second kappa shape index (κ2) is 4.61. The van der Waals surface area contributed by atoms with Crippen LogP contribution in [0.4, 0.5) is 0 Å². The Morgan fingerprint density at radius 2 is 1.75 bits per heavy atom. The Morgan fingerprint density at radius 1 is 1.12 bits per heavy atom. The number of hydrogen-bond donors (Lipinski definition) is 1. The van der Waals surface area contributed by atoms with Gasteiger partial charge in [0.1, 0.15) is 0 Å². The molecule has 0 aromatic carbocycles. The number of rotatable bonds is 1. The van der Waals surface area contributed by atoms with E-state index in [2.05, 4.69) is 30.6 Å². The van der Waals surface area contributed by atoms with Gasteiger partial charge in [-0.3, -0.25) is 9.80 Å². The number of piperazine rings is 1. The fourth-order valence-corrected chi connectivity index (χ4v) is 2.60. The van der Waals surface area contributed by atoms with Gasteiger partial charge in [0.2, 0.25) is 0 Å². The predicted octanol–water partition coefficient (Wildman–Crippen LogP) is 0.510. The van der Waals surface area contributed by atoms with Gasteiger partial charge in [0.25, 0.3) is 0 Å². The summed E-state index contributed by atoms with van der Waals surface area (Å²) in [5.41, 5.74) is 0.276. The van der Waals surface area contributed by atoms with Gasteiger partial charge in [0.15, 0.2) is 6.29 Å². The maximum atomic E-state index is 9.35. The van der Waals surface area contributed by atoms with Crippen molar-refractivity contribution in [2.45, 2.75) is 45.1 Å². The lowest BCUT2D eigenvalue weighted by molar-refractivity contribution is -0.0594. The van der Waals surface area contributed by atoms with Crippen LogP contribution in [0.3, 0.4) is 0 Å². The molecule has 2 unspecified atom stereocenters. The van der Waals surface area contributed by atoms with Gasteiger partial charge in [-0.1, -0.05) is 0 Å². The standard InChI is InChI=1S/C12H24N2O2/c1-12(2,3)14-6-4-13(5-7-14)10-8-11(15)16-9-10/h10-11,15H,4-9H2,1-3H3. The quantitative estimate of drug-likeness (QED) is 0.709. The highest BCUT2D eigenvalue weighted by Gasteiger charge is 2.33. The number of ether oxygens (including phenoxy) is 1. The first-order chi connectivity index (χ1) is 7.47. The molecule has 4 nitrogen and oxygen atoms in total. The van der Waals surface area contributed by atoms with Crippen molar-refractivity contribution in [3.63, 3.8) is 0 Å². The summed E-state index contributed by atoms with van der Waals surface area (Å²) >= 11 is 0. The molecule has 0 aromatic rings. The second-order valence-electron chi connectivity index (χ2n) is 5.87. The van der Waals surface area contributed by atoms with E-state index in [1.165, 1.54) is 0 Å². The van der Waals surface area contributed by atoms with Crippen LogP contribution in [0.1, 0.15) is 27.2 Å². The minimum Gasteiger partial charge on any atom is -0.368 e. The summed E-state index contributed by atoms with van der Waals surface area (Å²) in [6.07, 6.45) is 0.237. The lowest BCUT2D eigenvalue weighted by Gasteiger charge is -2.43.